The van der Waals surface area contributed by atoms with Crippen LogP contribution in [-0.4, -0.2) is 27.9 Å². The number of pyridine rings is 1. The summed E-state index contributed by atoms with van der Waals surface area (Å²) in [7, 11) is 0. The Kier molecular flexibility index (Phi) is 9.01. The van der Waals surface area contributed by atoms with Crippen molar-refractivity contribution in [2.24, 2.45) is 0 Å². The average molecular weight is 804 g/mol. The van der Waals surface area contributed by atoms with Crippen LogP contribution in [-0.2, 0) is 5.41 Å². The molecule has 0 saturated heterocycles. The largest absolute Gasteiger partial charge is 0.457 e. The molecule has 0 unspecified atom stereocenters. The van der Waals surface area contributed by atoms with Crippen molar-refractivity contribution in [2.45, 2.75) is 33.1 Å². The lowest BCUT2D eigenvalue weighted by Crippen LogP contribution is -2.44. The maximum Gasteiger partial charge on any atom is 0.314 e. The van der Waals surface area contributed by atoms with Crippen molar-refractivity contribution in [1.82, 2.24) is 14.4 Å². The zero-order valence-electron chi connectivity index (χ0n) is 35.4. The number of aromatic nitrogens is 2. The van der Waals surface area contributed by atoms with Gasteiger partial charge in [0.1, 0.15) is 29.8 Å². The number of allylic oxidation sites excluding steroid dienone is 4. The third-order valence-electron chi connectivity index (χ3n) is 12.3. The molecule has 0 N–H and O–H groups in total. The molecule has 62 heavy (non-hydrogen) atoms. The molecule has 8 aromatic rings. The molecular formula is C55H46BN5O. The number of hydrogen-bond acceptors (Lipinski definition) is 5. The van der Waals surface area contributed by atoms with Crippen LogP contribution in [0.4, 0.5) is 17.1 Å². The second-order valence-electron chi connectivity index (χ2n) is 17.4. The molecule has 2 aromatic heterocycles. The van der Waals surface area contributed by atoms with E-state index in [1.54, 1.807) is 0 Å². The molecule has 0 aliphatic carbocycles. The Hall–Kier alpha value is -7.51. The summed E-state index contributed by atoms with van der Waals surface area (Å²) >= 11 is 0. The highest BCUT2D eigenvalue weighted by molar-refractivity contribution is 6.68. The smallest absolute Gasteiger partial charge is 0.314 e. The number of para-hydroxylation sites is 3. The Morgan fingerprint density at radius 3 is 2.16 bits per heavy atom. The van der Waals surface area contributed by atoms with Gasteiger partial charge in [0.25, 0.3) is 0 Å². The molecule has 5 heterocycles. The van der Waals surface area contributed by atoms with E-state index < -0.39 is 0 Å². The lowest BCUT2D eigenvalue weighted by Gasteiger charge is -2.40. The average Bonchev–Trinajstić information content (AvgIpc) is 3.85. The van der Waals surface area contributed by atoms with Gasteiger partial charge in [-0.2, -0.15) is 0 Å². The van der Waals surface area contributed by atoms with E-state index in [1.807, 2.05) is 12.3 Å². The molecule has 6 aromatic carbocycles. The van der Waals surface area contributed by atoms with Crippen molar-refractivity contribution >= 4 is 56.9 Å². The van der Waals surface area contributed by atoms with Crippen LogP contribution in [0.5, 0.6) is 11.5 Å². The van der Waals surface area contributed by atoms with Crippen LogP contribution in [0.1, 0.15) is 43.0 Å². The maximum absolute atomic E-state index is 6.78. The van der Waals surface area contributed by atoms with Crippen LogP contribution in [0.25, 0.3) is 38.8 Å². The molecular weight excluding hydrogens is 757 g/mol. The zero-order valence-corrected chi connectivity index (χ0v) is 35.4. The standard InChI is InChI=1S/C55H46BN5O/c1-38-21-23-40(24-22-38)46-28-31-56-30-27-41(39-13-6-5-7-14-39)36-60(56)54(46)59-37-58(50-19-10-11-20-51(50)59)43-15-12-16-44(34-43)62-45-25-26-48-47-17-8-9-18-49(47)61(52(48)35-45)53-33-42(29-32-57-53)55(2,3)4/h5-36H,37H2,1-4H3. The van der Waals surface area contributed by atoms with Gasteiger partial charge in [-0.15, -0.1) is 0 Å². The minimum atomic E-state index is -0.00728. The zero-order chi connectivity index (χ0) is 42.0. The Morgan fingerprint density at radius 2 is 1.34 bits per heavy atom. The highest BCUT2D eigenvalue weighted by atomic mass is 16.5. The van der Waals surface area contributed by atoms with Gasteiger partial charge in [0, 0.05) is 46.6 Å². The van der Waals surface area contributed by atoms with Gasteiger partial charge in [-0.1, -0.05) is 141 Å². The van der Waals surface area contributed by atoms with Gasteiger partial charge in [0.15, 0.2) is 0 Å². The Morgan fingerprint density at radius 1 is 0.613 bits per heavy atom. The number of aryl methyl sites for hydroxylation is 1. The van der Waals surface area contributed by atoms with Gasteiger partial charge < -0.3 is 19.3 Å². The molecule has 11 rings (SSSR count). The van der Waals surface area contributed by atoms with E-state index in [9.17, 15) is 0 Å². The van der Waals surface area contributed by atoms with Gasteiger partial charge in [-0.05, 0) is 89.2 Å². The molecule has 0 bridgehead atoms. The first-order chi connectivity index (χ1) is 30.3. The molecule has 0 spiro atoms. The van der Waals surface area contributed by atoms with E-state index in [0.29, 0.717) is 6.67 Å². The molecule has 0 saturated carbocycles. The molecule has 3 aliphatic rings. The normalized spacial score (nSPS) is 14.8. The fourth-order valence-corrected chi connectivity index (χ4v) is 9.12. The molecule has 300 valence electrons. The molecule has 0 atom stereocenters. The third-order valence-corrected chi connectivity index (χ3v) is 12.3. The minimum Gasteiger partial charge on any atom is -0.457 e. The van der Waals surface area contributed by atoms with Crippen molar-refractivity contribution in [2.75, 3.05) is 16.5 Å². The summed E-state index contributed by atoms with van der Waals surface area (Å²) in [6.45, 7) is 9.57. The summed E-state index contributed by atoms with van der Waals surface area (Å²) in [6, 6.07) is 56.0. The van der Waals surface area contributed by atoms with Gasteiger partial charge in [-0.3, -0.25) is 4.57 Å². The number of ether oxygens (including phenoxy) is 1. The predicted molar refractivity (Wildman–Crippen MR) is 258 cm³/mol. The van der Waals surface area contributed by atoms with E-state index in [2.05, 4.69) is 229 Å². The molecule has 3 aliphatic heterocycles. The third kappa shape index (κ3) is 6.58. The van der Waals surface area contributed by atoms with Gasteiger partial charge in [0.05, 0.1) is 22.4 Å². The Bertz CT molecular complexity index is 3150. The fraction of sp³-hybridized carbons (Fsp3) is 0.109. The minimum absolute atomic E-state index is 0.00728. The summed E-state index contributed by atoms with van der Waals surface area (Å²) in [5.74, 6) is 8.19. The lowest BCUT2D eigenvalue weighted by molar-refractivity contribution is 0.483. The number of nitrogens with zero attached hydrogens (tertiary/aromatic N) is 5. The number of hydrogen-bond donors (Lipinski definition) is 0. The van der Waals surface area contributed by atoms with Crippen molar-refractivity contribution in [3.8, 4) is 17.3 Å². The highest BCUT2D eigenvalue weighted by Gasteiger charge is 2.37. The van der Waals surface area contributed by atoms with E-state index >= 15 is 0 Å². The van der Waals surface area contributed by atoms with E-state index in [-0.39, 0.29) is 12.3 Å². The predicted octanol–water partition coefficient (Wildman–Crippen LogP) is 13.4. The lowest BCUT2D eigenvalue weighted by atomic mass is 9.56. The number of benzene rings is 6. The summed E-state index contributed by atoms with van der Waals surface area (Å²) in [5.41, 5.74) is 12.7. The monoisotopic (exact) mass is 803 g/mol. The van der Waals surface area contributed by atoms with Crippen molar-refractivity contribution in [1.29, 1.82) is 0 Å². The van der Waals surface area contributed by atoms with Gasteiger partial charge >= 0.3 is 6.85 Å². The van der Waals surface area contributed by atoms with Crippen molar-refractivity contribution in [3.05, 3.63) is 222 Å². The maximum atomic E-state index is 6.78. The fourth-order valence-electron chi connectivity index (χ4n) is 9.12. The van der Waals surface area contributed by atoms with Crippen LogP contribution >= 0.6 is 0 Å². The summed E-state index contributed by atoms with van der Waals surface area (Å²) in [4.78, 5) is 12.2. The number of anilines is 3. The first-order valence-electron chi connectivity index (χ1n) is 21.4. The summed E-state index contributed by atoms with van der Waals surface area (Å²) in [6.07, 6.45) is 8.80. The van der Waals surface area contributed by atoms with Crippen LogP contribution < -0.4 is 14.5 Å². The highest BCUT2D eigenvalue weighted by Crippen LogP contribution is 2.47. The first-order valence-corrected chi connectivity index (χ1v) is 21.4. The molecule has 7 heteroatoms. The van der Waals surface area contributed by atoms with Gasteiger partial charge in [-0.25, -0.2) is 4.98 Å². The second-order valence-corrected chi connectivity index (χ2v) is 17.4. The van der Waals surface area contributed by atoms with Crippen LogP contribution in [0.3, 0.4) is 0 Å². The molecule has 0 amide bonds. The SMILES string of the molecule is Cc1ccc(C2=C(N3CN(c4cccc(Oc5ccc6c7ccccc7n(-c7cc(C(C)(C)C)ccn7)c6c5)c4)c4ccccc43)N3C=C(c4ccccc4)C=CB3C=C2)cc1. The van der Waals surface area contributed by atoms with Crippen molar-refractivity contribution < 1.29 is 4.74 Å². The van der Waals surface area contributed by atoms with Crippen LogP contribution in [0.15, 0.2) is 200 Å². The Balaban J connectivity index is 0.968. The van der Waals surface area contributed by atoms with E-state index in [1.165, 1.54) is 38.8 Å². The summed E-state index contributed by atoms with van der Waals surface area (Å²) in [5, 5.41) is 2.34. The van der Waals surface area contributed by atoms with E-state index in [0.717, 1.165) is 56.6 Å². The molecule has 6 nitrogen and oxygen atoms in total. The summed E-state index contributed by atoms with van der Waals surface area (Å²) < 4.78 is 9.04. The van der Waals surface area contributed by atoms with E-state index in [4.69, 9.17) is 9.72 Å². The first kappa shape index (κ1) is 37.5. The quantitative estimate of drug-likeness (QED) is 0.150. The second kappa shape index (κ2) is 14.9. The molecule has 0 fully saturated rings. The van der Waals surface area contributed by atoms with Crippen LogP contribution in [0.2, 0.25) is 0 Å². The number of rotatable bonds is 7. The van der Waals surface area contributed by atoms with Crippen LogP contribution in [0, 0.1) is 6.92 Å². The number of fused-ring (bicyclic) bond motifs is 5. The molecule has 0 radical (unpaired) electrons. The van der Waals surface area contributed by atoms with Gasteiger partial charge in [0.2, 0.25) is 0 Å². The van der Waals surface area contributed by atoms with Crippen molar-refractivity contribution in [3.63, 3.8) is 0 Å². The Labute approximate surface area is 363 Å². The topological polar surface area (TPSA) is 36.8 Å².